The predicted octanol–water partition coefficient (Wildman–Crippen LogP) is 4.46. The number of rotatable bonds is 5. The fourth-order valence-corrected chi connectivity index (χ4v) is 6.55. The summed E-state index contributed by atoms with van der Waals surface area (Å²) in [5.74, 6) is -0.385. The molecular formula is C24H22N4O3S2. The van der Waals surface area contributed by atoms with E-state index in [1.54, 1.807) is 18.2 Å². The lowest BCUT2D eigenvalue weighted by Crippen LogP contribution is -2.43. The Balaban J connectivity index is 1.36. The molecule has 2 heterocycles. The lowest BCUT2D eigenvalue weighted by Gasteiger charge is -2.23. The third-order valence-corrected chi connectivity index (χ3v) is 8.55. The van der Waals surface area contributed by atoms with Crippen molar-refractivity contribution in [2.24, 2.45) is 0 Å². The third kappa shape index (κ3) is 4.27. The maximum Gasteiger partial charge on any atom is 0.244 e. The van der Waals surface area contributed by atoms with Crippen molar-refractivity contribution in [1.82, 2.24) is 14.5 Å². The van der Waals surface area contributed by atoms with E-state index in [0.29, 0.717) is 29.5 Å². The molecule has 1 saturated heterocycles. The van der Waals surface area contributed by atoms with Crippen molar-refractivity contribution in [3.63, 3.8) is 0 Å². The number of aromatic nitrogens is 2. The summed E-state index contributed by atoms with van der Waals surface area (Å²) in [6.45, 7) is 2.30. The van der Waals surface area contributed by atoms with Crippen molar-refractivity contribution in [3.05, 3.63) is 72.3 Å². The summed E-state index contributed by atoms with van der Waals surface area (Å²) < 4.78 is 28.1. The molecule has 1 aliphatic rings. The first-order chi connectivity index (χ1) is 15.9. The quantitative estimate of drug-likeness (QED) is 0.457. The summed E-state index contributed by atoms with van der Waals surface area (Å²) in [6, 6.07) is 19.8. The second-order valence-electron chi connectivity index (χ2n) is 8.05. The number of nitrogens with one attached hydrogen (secondary N) is 1. The van der Waals surface area contributed by atoms with Gasteiger partial charge in [0.25, 0.3) is 0 Å². The van der Waals surface area contributed by atoms with Gasteiger partial charge in [-0.3, -0.25) is 10.1 Å². The second-order valence-corrected chi connectivity index (χ2v) is 10.9. The molecule has 0 spiro atoms. The Morgan fingerprint density at radius 3 is 2.67 bits per heavy atom. The first-order valence-corrected chi connectivity index (χ1v) is 12.9. The van der Waals surface area contributed by atoms with Crippen LogP contribution in [0.25, 0.3) is 21.3 Å². The van der Waals surface area contributed by atoms with Gasteiger partial charge in [0.15, 0.2) is 0 Å². The van der Waals surface area contributed by atoms with E-state index in [4.69, 9.17) is 0 Å². The monoisotopic (exact) mass is 478 g/mol. The number of carbonyl (C=O) groups excluding carboxylic acids is 1. The third-order valence-electron chi connectivity index (χ3n) is 5.75. The van der Waals surface area contributed by atoms with Crippen LogP contribution in [0.15, 0.2) is 71.6 Å². The Hall–Kier alpha value is -3.14. The fraction of sp³-hybridized carbons (Fsp3) is 0.208. The molecule has 0 bridgehead atoms. The summed E-state index contributed by atoms with van der Waals surface area (Å²) >= 11 is 1.27. The Kier molecular flexibility index (Phi) is 5.69. The minimum absolute atomic E-state index is 0.193. The molecule has 0 radical (unpaired) electrons. The van der Waals surface area contributed by atoms with Gasteiger partial charge in [-0.2, -0.15) is 4.31 Å². The Morgan fingerprint density at radius 2 is 1.85 bits per heavy atom. The molecule has 4 aromatic rings. The average molecular weight is 479 g/mol. The second kappa shape index (κ2) is 8.66. The zero-order valence-corrected chi connectivity index (χ0v) is 19.6. The van der Waals surface area contributed by atoms with E-state index in [0.717, 1.165) is 21.9 Å². The number of anilines is 1. The molecule has 0 saturated carbocycles. The molecule has 1 aliphatic heterocycles. The smallest absolute Gasteiger partial charge is 0.244 e. The van der Waals surface area contributed by atoms with Crippen LogP contribution in [-0.2, 0) is 14.8 Å². The van der Waals surface area contributed by atoms with Crippen LogP contribution in [0, 0.1) is 6.92 Å². The lowest BCUT2D eigenvalue weighted by atomic mass is 10.1. The Bertz CT molecular complexity index is 1450. The van der Waals surface area contributed by atoms with E-state index in [-0.39, 0.29) is 10.8 Å². The minimum Gasteiger partial charge on any atom is -0.299 e. The molecule has 0 aliphatic carbocycles. The van der Waals surface area contributed by atoms with E-state index in [1.807, 2.05) is 55.5 Å². The van der Waals surface area contributed by atoms with E-state index in [1.165, 1.54) is 15.6 Å². The molecule has 1 N–H and O–H groups in total. The molecule has 9 heteroatoms. The Labute approximate surface area is 196 Å². The number of hydrogen-bond donors (Lipinski definition) is 1. The molecule has 1 aromatic heterocycles. The van der Waals surface area contributed by atoms with Crippen LogP contribution in [0.5, 0.6) is 0 Å². The van der Waals surface area contributed by atoms with Gasteiger partial charge >= 0.3 is 0 Å². The molecule has 5 rings (SSSR count). The highest BCUT2D eigenvalue weighted by Gasteiger charge is 2.39. The van der Waals surface area contributed by atoms with Crippen molar-refractivity contribution in [2.45, 2.75) is 30.7 Å². The highest BCUT2D eigenvalue weighted by atomic mass is 32.2. The molecule has 3 aromatic carbocycles. The zero-order chi connectivity index (χ0) is 23.0. The maximum atomic E-state index is 13.4. The summed E-state index contributed by atoms with van der Waals surface area (Å²) in [5.41, 5.74) is 2.03. The van der Waals surface area contributed by atoms with Gasteiger partial charge in [0.2, 0.25) is 21.1 Å². The number of amides is 1. The van der Waals surface area contributed by atoms with Crippen LogP contribution in [0.2, 0.25) is 0 Å². The van der Waals surface area contributed by atoms with Crippen LogP contribution in [0.1, 0.15) is 18.4 Å². The van der Waals surface area contributed by atoms with E-state index >= 15 is 0 Å². The van der Waals surface area contributed by atoms with Crippen molar-refractivity contribution in [1.29, 1.82) is 0 Å². The van der Waals surface area contributed by atoms with E-state index in [9.17, 15) is 13.2 Å². The van der Waals surface area contributed by atoms with Gasteiger partial charge in [0.05, 0.1) is 4.90 Å². The van der Waals surface area contributed by atoms with E-state index in [2.05, 4.69) is 15.5 Å². The van der Waals surface area contributed by atoms with Crippen molar-refractivity contribution < 1.29 is 13.2 Å². The highest BCUT2D eigenvalue weighted by molar-refractivity contribution is 7.89. The van der Waals surface area contributed by atoms with Gasteiger partial charge in [-0.05, 0) is 48.7 Å². The molecule has 168 valence electrons. The first kappa shape index (κ1) is 21.7. The number of sulfonamides is 1. The molecule has 1 atom stereocenters. The predicted molar refractivity (Wildman–Crippen MR) is 130 cm³/mol. The number of benzene rings is 3. The number of nitrogens with zero attached hydrogens (tertiary/aromatic N) is 3. The fourth-order valence-electron chi connectivity index (χ4n) is 4.11. The topological polar surface area (TPSA) is 92.3 Å². The number of carbonyl (C=O) groups is 1. The summed E-state index contributed by atoms with van der Waals surface area (Å²) in [5, 5.41) is 13.9. The Morgan fingerprint density at radius 1 is 1.03 bits per heavy atom. The van der Waals surface area contributed by atoms with Crippen molar-refractivity contribution >= 4 is 43.2 Å². The SMILES string of the molecule is Cc1cccc(-c2nnc(NC(=O)C3CCCN3S(=O)(=O)c3ccc4ccccc4c3)s2)c1. The molecule has 1 amide bonds. The molecule has 33 heavy (non-hydrogen) atoms. The van der Waals surface area contributed by atoms with Gasteiger partial charge in [0.1, 0.15) is 11.0 Å². The van der Waals surface area contributed by atoms with Gasteiger partial charge in [-0.1, -0.05) is 65.4 Å². The van der Waals surface area contributed by atoms with Crippen LogP contribution < -0.4 is 5.32 Å². The van der Waals surface area contributed by atoms with Crippen molar-refractivity contribution in [2.75, 3.05) is 11.9 Å². The molecule has 7 nitrogen and oxygen atoms in total. The van der Waals surface area contributed by atoms with Crippen LogP contribution in [-0.4, -0.2) is 41.4 Å². The normalized spacial score (nSPS) is 16.8. The van der Waals surface area contributed by atoms with E-state index < -0.39 is 16.1 Å². The van der Waals surface area contributed by atoms with Gasteiger partial charge in [-0.15, -0.1) is 10.2 Å². The maximum absolute atomic E-state index is 13.4. The number of aryl methyl sites for hydroxylation is 1. The van der Waals surface area contributed by atoms with Gasteiger partial charge < -0.3 is 0 Å². The summed E-state index contributed by atoms with van der Waals surface area (Å²) in [7, 11) is -3.82. The lowest BCUT2D eigenvalue weighted by molar-refractivity contribution is -0.119. The summed E-state index contributed by atoms with van der Waals surface area (Å²) in [4.78, 5) is 13.2. The molecule has 1 unspecified atom stereocenters. The van der Waals surface area contributed by atoms with Crippen LogP contribution >= 0.6 is 11.3 Å². The highest BCUT2D eigenvalue weighted by Crippen LogP contribution is 2.30. The van der Waals surface area contributed by atoms with Crippen LogP contribution in [0.4, 0.5) is 5.13 Å². The largest absolute Gasteiger partial charge is 0.299 e. The number of hydrogen-bond acceptors (Lipinski definition) is 6. The van der Waals surface area contributed by atoms with Gasteiger partial charge in [0, 0.05) is 12.1 Å². The average Bonchev–Trinajstić information content (AvgIpc) is 3.49. The van der Waals surface area contributed by atoms with Crippen LogP contribution in [0.3, 0.4) is 0 Å². The van der Waals surface area contributed by atoms with Crippen molar-refractivity contribution in [3.8, 4) is 10.6 Å². The zero-order valence-electron chi connectivity index (χ0n) is 17.9. The minimum atomic E-state index is -3.82. The standard InChI is InChI=1S/C24H22N4O3S2/c1-16-6-4-9-19(14-16)23-26-27-24(32-23)25-22(29)21-10-5-13-28(21)33(30,31)20-12-11-17-7-2-3-8-18(17)15-20/h2-4,6-9,11-12,14-15,21H,5,10,13H2,1H3,(H,25,27,29). The molecular weight excluding hydrogens is 456 g/mol. The summed E-state index contributed by atoms with van der Waals surface area (Å²) in [6.07, 6.45) is 1.08. The van der Waals surface area contributed by atoms with Gasteiger partial charge in [-0.25, -0.2) is 8.42 Å². The molecule has 1 fully saturated rings. The number of fused-ring (bicyclic) bond motifs is 1. The first-order valence-electron chi connectivity index (χ1n) is 10.6.